The molecule has 0 bridgehead atoms. The van der Waals surface area contributed by atoms with Crippen LogP contribution in [-0.2, 0) is 6.18 Å². The van der Waals surface area contributed by atoms with E-state index >= 15 is 0 Å². The van der Waals surface area contributed by atoms with Gasteiger partial charge in [0.15, 0.2) is 0 Å². The Kier molecular flexibility index (Phi) is 5.84. The molecule has 0 aliphatic rings. The average Bonchev–Trinajstić information content (AvgIpc) is 2.15. The molecule has 0 heterocycles. The van der Waals surface area contributed by atoms with Crippen molar-refractivity contribution in [1.82, 2.24) is 0 Å². The minimum atomic E-state index is -4.57. The molecule has 1 rings (SSSR count). The van der Waals surface area contributed by atoms with E-state index in [0.717, 1.165) is 12.1 Å². The van der Waals surface area contributed by atoms with Gasteiger partial charge in [0.05, 0.1) is 5.56 Å². The highest BCUT2D eigenvalue weighted by Crippen LogP contribution is 2.35. The summed E-state index contributed by atoms with van der Waals surface area (Å²) in [7, 11) is 0. The summed E-state index contributed by atoms with van der Waals surface area (Å²) in [5.74, 6) is 0. The van der Waals surface area contributed by atoms with Crippen LogP contribution in [0.5, 0.6) is 0 Å². The van der Waals surface area contributed by atoms with E-state index in [1.807, 2.05) is 0 Å². The molecule has 17 heavy (non-hydrogen) atoms. The summed E-state index contributed by atoms with van der Waals surface area (Å²) in [5.41, 5.74) is 4.06. The van der Waals surface area contributed by atoms with E-state index in [9.17, 15) is 22.0 Å². The molecule has 0 aromatic heterocycles. The summed E-state index contributed by atoms with van der Waals surface area (Å²) in [6.45, 7) is 0. The van der Waals surface area contributed by atoms with Gasteiger partial charge < -0.3 is 5.73 Å². The molecular formula is C10H11ClF5N. The number of hydrogen-bond donors (Lipinski definition) is 1. The number of alkyl halides is 5. The highest BCUT2D eigenvalue weighted by Gasteiger charge is 2.34. The Balaban J connectivity index is 0.00000256. The second-order valence-electron chi connectivity index (χ2n) is 3.32. The van der Waals surface area contributed by atoms with Crippen LogP contribution in [0.15, 0.2) is 24.3 Å². The Morgan fingerprint density at radius 2 is 1.65 bits per heavy atom. The smallest absolute Gasteiger partial charge is 0.324 e. The molecule has 98 valence electrons. The van der Waals surface area contributed by atoms with Gasteiger partial charge in [0.25, 0.3) is 0 Å². The van der Waals surface area contributed by atoms with Crippen LogP contribution >= 0.6 is 12.4 Å². The maximum atomic E-state index is 12.5. The second kappa shape index (κ2) is 6.16. The number of halogens is 6. The Hall–Kier alpha value is -0.880. The zero-order chi connectivity index (χ0) is 12.3. The van der Waals surface area contributed by atoms with E-state index in [1.165, 1.54) is 12.1 Å². The van der Waals surface area contributed by atoms with Crippen LogP contribution in [0.25, 0.3) is 0 Å². The predicted octanol–water partition coefficient (Wildman–Crippen LogP) is 3.78. The fourth-order valence-corrected chi connectivity index (χ4v) is 1.40. The maximum Gasteiger partial charge on any atom is 0.416 e. The molecule has 1 aromatic rings. The van der Waals surface area contributed by atoms with E-state index in [2.05, 4.69) is 0 Å². The summed E-state index contributed by atoms with van der Waals surface area (Å²) in [4.78, 5) is 0. The van der Waals surface area contributed by atoms with Crippen molar-refractivity contribution >= 4 is 12.4 Å². The van der Waals surface area contributed by atoms with Gasteiger partial charge in [-0.25, -0.2) is 8.78 Å². The Labute approximate surface area is 101 Å². The van der Waals surface area contributed by atoms with Crippen LogP contribution < -0.4 is 5.73 Å². The van der Waals surface area contributed by atoms with E-state index in [4.69, 9.17) is 5.73 Å². The lowest BCUT2D eigenvalue weighted by molar-refractivity contribution is -0.138. The first-order valence-electron chi connectivity index (χ1n) is 4.52. The van der Waals surface area contributed by atoms with Crippen molar-refractivity contribution in [2.75, 3.05) is 0 Å². The molecule has 0 fully saturated rings. The molecule has 0 saturated heterocycles. The lowest BCUT2D eigenvalue weighted by Gasteiger charge is -2.17. The number of rotatable bonds is 3. The monoisotopic (exact) mass is 275 g/mol. The Bertz CT molecular complexity index is 353. The first kappa shape index (κ1) is 16.1. The number of hydrogen-bond acceptors (Lipinski definition) is 1. The van der Waals surface area contributed by atoms with Crippen LogP contribution in [0.3, 0.4) is 0 Å². The third-order valence-electron chi connectivity index (χ3n) is 2.10. The van der Waals surface area contributed by atoms with Crippen molar-refractivity contribution in [3.8, 4) is 0 Å². The molecule has 0 aliphatic carbocycles. The predicted molar refractivity (Wildman–Crippen MR) is 56.2 cm³/mol. The Morgan fingerprint density at radius 1 is 1.12 bits per heavy atom. The fourth-order valence-electron chi connectivity index (χ4n) is 1.40. The summed E-state index contributed by atoms with van der Waals surface area (Å²) in [5, 5.41) is 0. The lowest BCUT2D eigenvalue weighted by Crippen LogP contribution is -2.19. The van der Waals surface area contributed by atoms with Crippen molar-refractivity contribution in [2.24, 2.45) is 5.73 Å². The molecular weight excluding hydrogens is 265 g/mol. The van der Waals surface area contributed by atoms with Gasteiger partial charge in [0.1, 0.15) is 0 Å². The largest absolute Gasteiger partial charge is 0.416 e. The minimum absolute atomic E-state index is 0. The van der Waals surface area contributed by atoms with Crippen molar-refractivity contribution in [1.29, 1.82) is 0 Å². The molecule has 7 heteroatoms. The lowest BCUT2D eigenvalue weighted by atomic mass is 9.98. The maximum absolute atomic E-state index is 12.5. The first-order chi connectivity index (χ1) is 7.32. The molecule has 0 radical (unpaired) electrons. The molecule has 1 nitrogen and oxygen atoms in total. The highest BCUT2D eigenvalue weighted by molar-refractivity contribution is 5.85. The molecule has 2 N–H and O–H groups in total. The minimum Gasteiger partial charge on any atom is -0.324 e. The van der Waals surface area contributed by atoms with E-state index in [1.54, 1.807) is 0 Å². The summed E-state index contributed by atoms with van der Waals surface area (Å²) >= 11 is 0. The van der Waals surface area contributed by atoms with Crippen LogP contribution in [0, 0.1) is 0 Å². The third-order valence-corrected chi connectivity index (χ3v) is 2.10. The zero-order valence-electron chi connectivity index (χ0n) is 8.55. The SMILES string of the molecule is Cl.N[C@H](CC(F)F)c1ccccc1C(F)(F)F. The van der Waals surface area contributed by atoms with Crippen LogP contribution in [0.2, 0.25) is 0 Å². The molecule has 1 atom stereocenters. The zero-order valence-corrected chi connectivity index (χ0v) is 9.36. The van der Waals surface area contributed by atoms with Gasteiger partial charge >= 0.3 is 6.18 Å². The molecule has 0 spiro atoms. The van der Waals surface area contributed by atoms with Gasteiger partial charge in [0, 0.05) is 12.5 Å². The van der Waals surface area contributed by atoms with Crippen molar-refractivity contribution in [3.05, 3.63) is 35.4 Å². The molecule has 0 unspecified atom stereocenters. The quantitative estimate of drug-likeness (QED) is 0.835. The normalized spacial score (nSPS) is 13.4. The standard InChI is InChI=1S/C10H10F5N.ClH/c11-9(12)5-8(16)6-3-1-2-4-7(6)10(13,14)15;/h1-4,8-9H,5,16H2;1H/t8-;/m1./s1. The summed E-state index contributed by atoms with van der Waals surface area (Å²) in [6, 6.07) is 3.19. The first-order valence-corrected chi connectivity index (χ1v) is 4.52. The van der Waals surface area contributed by atoms with Crippen LogP contribution in [0.4, 0.5) is 22.0 Å². The average molecular weight is 276 g/mol. The van der Waals surface area contributed by atoms with E-state index < -0.39 is 30.6 Å². The fraction of sp³-hybridized carbons (Fsp3) is 0.400. The molecule has 0 saturated carbocycles. The van der Waals surface area contributed by atoms with Gasteiger partial charge in [-0.05, 0) is 11.6 Å². The molecule has 0 aliphatic heterocycles. The van der Waals surface area contributed by atoms with Gasteiger partial charge in [-0.15, -0.1) is 12.4 Å². The van der Waals surface area contributed by atoms with Gasteiger partial charge in [0.2, 0.25) is 6.43 Å². The summed E-state index contributed by atoms with van der Waals surface area (Å²) < 4.78 is 61.6. The van der Waals surface area contributed by atoms with Crippen LogP contribution in [0.1, 0.15) is 23.6 Å². The van der Waals surface area contributed by atoms with Crippen molar-refractivity contribution < 1.29 is 22.0 Å². The summed E-state index contributed by atoms with van der Waals surface area (Å²) in [6.07, 6.45) is -8.08. The molecule has 0 amide bonds. The highest BCUT2D eigenvalue weighted by atomic mass is 35.5. The molecule has 1 aromatic carbocycles. The van der Waals surface area contributed by atoms with Crippen LogP contribution in [-0.4, -0.2) is 6.43 Å². The number of benzene rings is 1. The second-order valence-corrected chi connectivity index (χ2v) is 3.32. The van der Waals surface area contributed by atoms with Gasteiger partial charge in [-0.3, -0.25) is 0 Å². The topological polar surface area (TPSA) is 26.0 Å². The van der Waals surface area contributed by atoms with Crippen molar-refractivity contribution in [2.45, 2.75) is 25.1 Å². The van der Waals surface area contributed by atoms with E-state index in [0.29, 0.717) is 0 Å². The van der Waals surface area contributed by atoms with Gasteiger partial charge in [-0.1, -0.05) is 18.2 Å². The Morgan fingerprint density at radius 3 is 2.12 bits per heavy atom. The van der Waals surface area contributed by atoms with Gasteiger partial charge in [-0.2, -0.15) is 13.2 Å². The number of nitrogens with two attached hydrogens (primary N) is 1. The third kappa shape index (κ3) is 4.47. The van der Waals surface area contributed by atoms with E-state index in [-0.39, 0.29) is 18.0 Å². The van der Waals surface area contributed by atoms with Crippen molar-refractivity contribution in [3.63, 3.8) is 0 Å².